The van der Waals surface area contributed by atoms with Crippen LogP contribution in [0.2, 0.25) is 0 Å². The second-order valence-electron chi connectivity index (χ2n) is 4.34. The molecule has 0 saturated heterocycles. The number of carbonyl (C=O) groups is 2. The predicted octanol–water partition coefficient (Wildman–Crippen LogP) is 1.52. The van der Waals surface area contributed by atoms with Crippen molar-refractivity contribution in [1.82, 2.24) is 10.6 Å². The van der Waals surface area contributed by atoms with Crippen molar-refractivity contribution in [3.8, 4) is 5.75 Å². The van der Waals surface area contributed by atoms with Gasteiger partial charge in [0.2, 0.25) is 0 Å². The van der Waals surface area contributed by atoms with E-state index >= 15 is 0 Å². The molecule has 114 valence electrons. The Kier molecular flexibility index (Phi) is 5.65. The first-order valence-electron chi connectivity index (χ1n) is 6.35. The molecule has 0 radical (unpaired) electrons. The summed E-state index contributed by atoms with van der Waals surface area (Å²) in [5.74, 6) is -0.708. The van der Waals surface area contributed by atoms with Gasteiger partial charge in [0.1, 0.15) is 0 Å². The summed E-state index contributed by atoms with van der Waals surface area (Å²) in [4.78, 5) is 33.3. The van der Waals surface area contributed by atoms with Gasteiger partial charge < -0.3 is 10.1 Å². The number of hydrogen-bond acceptors (Lipinski definition) is 5. The van der Waals surface area contributed by atoms with E-state index in [2.05, 4.69) is 10.6 Å². The highest BCUT2D eigenvalue weighted by Gasteiger charge is 2.22. The fraction of sp³-hybridized carbons (Fsp3) is 0.385. The largest absolute Gasteiger partial charge is 0.474 e. The number of benzene rings is 1. The van der Waals surface area contributed by atoms with Crippen molar-refractivity contribution in [2.24, 2.45) is 0 Å². The zero-order valence-corrected chi connectivity index (χ0v) is 12.0. The molecule has 0 heterocycles. The molecule has 0 bridgehead atoms. The molecule has 8 heteroatoms. The number of aryl methyl sites for hydroxylation is 1. The lowest BCUT2D eigenvalue weighted by molar-refractivity contribution is -0.386. The van der Waals surface area contributed by atoms with Crippen LogP contribution >= 0.6 is 0 Å². The molecular formula is C13H17N3O5. The fourth-order valence-electron chi connectivity index (χ4n) is 1.53. The van der Waals surface area contributed by atoms with E-state index < -0.39 is 23.0 Å². The van der Waals surface area contributed by atoms with Crippen molar-refractivity contribution in [2.75, 3.05) is 6.54 Å². The average Bonchev–Trinajstić information content (AvgIpc) is 2.40. The lowest BCUT2D eigenvalue weighted by atomic mass is 10.2. The molecule has 1 unspecified atom stereocenters. The average molecular weight is 295 g/mol. The Labute approximate surface area is 121 Å². The summed E-state index contributed by atoms with van der Waals surface area (Å²) in [6.45, 7) is 5.19. The van der Waals surface area contributed by atoms with Crippen molar-refractivity contribution in [3.05, 3.63) is 33.9 Å². The van der Waals surface area contributed by atoms with Gasteiger partial charge in [0.05, 0.1) is 4.92 Å². The van der Waals surface area contributed by atoms with Gasteiger partial charge in [-0.1, -0.05) is 6.07 Å². The normalized spacial score (nSPS) is 11.4. The molecule has 8 nitrogen and oxygen atoms in total. The molecule has 1 aromatic carbocycles. The van der Waals surface area contributed by atoms with Gasteiger partial charge >= 0.3 is 11.7 Å². The molecule has 21 heavy (non-hydrogen) atoms. The first kappa shape index (κ1) is 16.4. The first-order chi connectivity index (χ1) is 9.85. The van der Waals surface area contributed by atoms with Crippen LogP contribution in [0, 0.1) is 17.0 Å². The molecule has 3 amide bonds. The van der Waals surface area contributed by atoms with Crippen LogP contribution < -0.4 is 15.4 Å². The number of nitrogens with zero attached hydrogens (tertiary/aromatic N) is 1. The lowest BCUT2D eigenvalue weighted by Crippen LogP contribution is -2.45. The van der Waals surface area contributed by atoms with Crippen molar-refractivity contribution >= 4 is 17.6 Å². The van der Waals surface area contributed by atoms with Gasteiger partial charge in [-0.25, -0.2) is 4.79 Å². The smallest absolute Gasteiger partial charge is 0.321 e. The topological polar surface area (TPSA) is 111 Å². The van der Waals surface area contributed by atoms with Crippen LogP contribution in [0.4, 0.5) is 10.5 Å². The van der Waals surface area contributed by atoms with Crippen LogP contribution in [0.3, 0.4) is 0 Å². The standard InChI is InChI=1S/C13H17N3O5/c1-4-14-13(18)15-12(17)9(3)21-11-6-5-8(2)7-10(11)16(19)20/h5-7,9H,4H2,1-3H3,(H2,14,15,17,18). The van der Waals surface area contributed by atoms with E-state index in [0.717, 1.165) is 0 Å². The number of hydrogen-bond donors (Lipinski definition) is 2. The van der Waals surface area contributed by atoms with Gasteiger partial charge in [-0.2, -0.15) is 0 Å². The molecule has 1 atom stereocenters. The number of carbonyl (C=O) groups excluding carboxylic acids is 2. The van der Waals surface area contributed by atoms with Crippen molar-refractivity contribution in [3.63, 3.8) is 0 Å². The number of nitro benzene ring substituents is 1. The summed E-state index contributed by atoms with van der Waals surface area (Å²) in [6, 6.07) is 3.76. The summed E-state index contributed by atoms with van der Waals surface area (Å²) < 4.78 is 5.27. The fourth-order valence-corrected chi connectivity index (χ4v) is 1.53. The zero-order chi connectivity index (χ0) is 16.0. The quantitative estimate of drug-likeness (QED) is 0.632. The first-order valence-corrected chi connectivity index (χ1v) is 6.35. The minimum absolute atomic E-state index is 0.0239. The number of imide groups is 1. The van der Waals surface area contributed by atoms with Crippen molar-refractivity contribution in [1.29, 1.82) is 0 Å². The SMILES string of the molecule is CCNC(=O)NC(=O)C(C)Oc1ccc(C)cc1[N+](=O)[O-]. The highest BCUT2D eigenvalue weighted by molar-refractivity contribution is 5.96. The summed E-state index contributed by atoms with van der Waals surface area (Å²) in [5, 5.41) is 15.4. The zero-order valence-electron chi connectivity index (χ0n) is 12.0. The van der Waals surface area contributed by atoms with Crippen LogP contribution in [0.25, 0.3) is 0 Å². The van der Waals surface area contributed by atoms with E-state index in [1.807, 2.05) is 0 Å². The summed E-state index contributed by atoms with van der Waals surface area (Å²) >= 11 is 0. The van der Waals surface area contributed by atoms with Crippen molar-refractivity contribution < 1.29 is 19.2 Å². The molecule has 0 aromatic heterocycles. The number of nitrogens with one attached hydrogen (secondary N) is 2. The van der Waals surface area contributed by atoms with E-state index in [1.54, 1.807) is 19.9 Å². The number of urea groups is 1. The molecule has 0 aliphatic carbocycles. The number of ether oxygens (including phenoxy) is 1. The van der Waals surface area contributed by atoms with E-state index in [9.17, 15) is 19.7 Å². The minimum atomic E-state index is -1.05. The summed E-state index contributed by atoms with van der Waals surface area (Å²) in [5.41, 5.74) is 0.473. The number of rotatable bonds is 5. The van der Waals surface area contributed by atoms with Crippen LogP contribution in [0.5, 0.6) is 5.75 Å². The Hall–Kier alpha value is -2.64. The predicted molar refractivity (Wildman–Crippen MR) is 75.1 cm³/mol. The molecule has 1 aromatic rings. The van der Waals surface area contributed by atoms with Gasteiger partial charge in [0.15, 0.2) is 11.9 Å². The Bertz CT molecular complexity index is 559. The Balaban J connectivity index is 2.79. The maximum Gasteiger partial charge on any atom is 0.321 e. The van der Waals surface area contributed by atoms with Crippen LogP contribution in [0.15, 0.2) is 18.2 Å². The van der Waals surface area contributed by atoms with Crippen LogP contribution in [0.1, 0.15) is 19.4 Å². The third kappa shape index (κ3) is 4.75. The molecule has 1 rings (SSSR count). The lowest BCUT2D eigenvalue weighted by Gasteiger charge is -2.14. The highest BCUT2D eigenvalue weighted by atomic mass is 16.6. The van der Waals surface area contributed by atoms with Gasteiger partial charge in [-0.15, -0.1) is 0 Å². The molecule has 0 fully saturated rings. The Morgan fingerprint density at radius 1 is 1.43 bits per heavy atom. The van der Waals surface area contributed by atoms with Crippen molar-refractivity contribution in [2.45, 2.75) is 26.9 Å². The molecular weight excluding hydrogens is 278 g/mol. The van der Waals surface area contributed by atoms with E-state index in [0.29, 0.717) is 12.1 Å². The molecule has 0 aliphatic heterocycles. The number of amides is 3. The molecule has 2 N–H and O–H groups in total. The maximum absolute atomic E-state index is 11.7. The monoisotopic (exact) mass is 295 g/mol. The number of nitro groups is 1. The minimum Gasteiger partial charge on any atom is -0.474 e. The molecule has 0 saturated carbocycles. The highest BCUT2D eigenvalue weighted by Crippen LogP contribution is 2.28. The Morgan fingerprint density at radius 2 is 2.10 bits per heavy atom. The van der Waals surface area contributed by atoms with Crippen LogP contribution in [-0.4, -0.2) is 29.5 Å². The van der Waals surface area contributed by atoms with E-state index in [-0.39, 0.29) is 11.4 Å². The van der Waals surface area contributed by atoms with Gasteiger partial charge in [-0.3, -0.25) is 20.2 Å². The second kappa shape index (κ2) is 7.22. The molecule has 0 aliphatic rings. The van der Waals surface area contributed by atoms with Crippen LogP contribution in [-0.2, 0) is 4.79 Å². The van der Waals surface area contributed by atoms with E-state index in [4.69, 9.17) is 4.74 Å². The second-order valence-corrected chi connectivity index (χ2v) is 4.34. The van der Waals surface area contributed by atoms with Gasteiger partial charge in [0.25, 0.3) is 5.91 Å². The van der Waals surface area contributed by atoms with Gasteiger partial charge in [0, 0.05) is 12.6 Å². The van der Waals surface area contributed by atoms with Gasteiger partial charge in [-0.05, 0) is 32.4 Å². The molecule has 0 spiro atoms. The third-order valence-electron chi connectivity index (χ3n) is 2.56. The summed E-state index contributed by atoms with van der Waals surface area (Å²) in [7, 11) is 0. The Morgan fingerprint density at radius 3 is 2.67 bits per heavy atom. The van der Waals surface area contributed by atoms with E-state index in [1.165, 1.54) is 19.1 Å². The third-order valence-corrected chi connectivity index (χ3v) is 2.56. The summed E-state index contributed by atoms with van der Waals surface area (Å²) in [6.07, 6.45) is -1.05. The maximum atomic E-state index is 11.7.